The number of alkyl halides is 3. The number of nitrogens with one attached hydrogen (secondary N) is 2. The van der Waals surface area contributed by atoms with Gasteiger partial charge in [-0.25, -0.2) is 0 Å². The van der Waals surface area contributed by atoms with E-state index in [1.165, 1.54) is 24.3 Å². The number of ether oxygens (including phenoxy) is 3. The molecular formula is C18H17F3N2O3S. The lowest BCUT2D eigenvalue weighted by Crippen LogP contribution is -2.30. The summed E-state index contributed by atoms with van der Waals surface area (Å²) in [6.45, 7) is 1.67. The van der Waals surface area contributed by atoms with Gasteiger partial charge in [0.2, 0.25) is 0 Å². The smallest absolute Gasteiger partial charge is 0.486 e. The van der Waals surface area contributed by atoms with Crippen molar-refractivity contribution in [3.63, 3.8) is 0 Å². The van der Waals surface area contributed by atoms with Crippen molar-refractivity contribution in [3.05, 3.63) is 48.0 Å². The van der Waals surface area contributed by atoms with Gasteiger partial charge in [0.1, 0.15) is 19.0 Å². The molecule has 1 heterocycles. The van der Waals surface area contributed by atoms with E-state index < -0.39 is 6.36 Å². The van der Waals surface area contributed by atoms with Gasteiger partial charge >= 0.3 is 6.36 Å². The van der Waals surface area contributed by atoms with Gasteiger partial charge in [-0.15, -0.1) is 13.2 Å². The maximum absolute atomic E-state index is 12.1. The summed E-state index contributed by atoms with van der Waals surface area (Å²) >= 11 is 5.19. The first-order valence-corrected chi connectivity index (χ1v) is 8.59. The number of thiocarbonyl (C=S) groups is 1. The molecule has 27 heavy (non-hydrogen) atoms. The van der Waals surface area contributed by atoms with Crippen molar-refractivity contribution in [1.29, 1.82) is 0 Å². The average molecular weight is 398 g/mol. The Kier molecular flexibility index (Phi) is 5.90. The molecule has 0 spiro atoms. The molecule has 0 fully saturated rings. The van der Waals surface area contributed by atoms with Crippen LogP contribution >= 0.6 is 12.2 Å². The summed E-state index contributed by atoms with van der Waals surface area (Å²) in [5, 5.41) is 6.33. The summed E-state index contributed by atoms with van der Waals surface area (Å²) in [5.41, 5.74) is 1.63. The van der Waals surface area contributed by atoms with E-state index in [1.807, 2.05) is 18.2 Å². The maximum atomic E-state index is 12.1. The number of fused-ring (bicyclic) bond motifs is 1. The van der Waals surface area contributed by atoms with Crippen LogP contribution in [0.2, 0.25) is 0 Å². The van der Waals surface area contributed by atoms with E-state index in [-0.39, 0.29) is 5.75 Å². The molecule has 0 aliphatic carbocycles. The van der Waals surface area contributed by atoms with Gasteiger partial charge in [-0.05, 0) is 60.6 Å². The molecule has 0 amide bonds. The monoisotopic (exact) mass is 398 g/mol. The molecular weight excluding hydrogens is 381 g/mol. The molecule has 2 N–H and O–H groups in total. The average Bonchev–Trinajstić information content (AvgIpc) is 2.62. The van der Waals surface area contributed by atoms with E-state index in [4.69, 9.17) is 21.7 Å². The molecule has 5 nitrogen and oxygen atoms in total. The van der Waals surface area contributed by atoms with Gasteiger partial charge in [0.25, 0.3) is 0 Å². The maximum Gasteiger partial charge on any atom is 0.573 e. The summed E-state index contributed by atoms with van der Waals surface area (Å²) in [6.07, 6.45) is -3.99. The van der Waals surface area contributed by atoms with Gasteiger partial charge in [-0.2, -0.15) is 0 Å². The molecule has 0 atom stereocenters. The van der Waals surface area contributed by atoms with Crippen molar-refractivity contribution in [2.75, 3.05) is 25.1 Å². The lowest BCUT2D eigenvalue weighted by Gasteiger charge is -2.19. The Morgan fingerprint density at radius 2 is 1.74 bits per heavy atom. The van der Waals surface area contributed by atoms with Crippen LogP contribution in [0, 0.1) is 0 Å². The van der Waals surface area contributed by atoms with Crippen molar-refractivity contribution >= 4 is 23.0 Å². The van der Waals surface area contributed by atoms with Crippen molar-refractivity contribution in [1.82, 2.24) is 5.32 Å². The van der Waals surface area contributed by atoms with Gasteiger partial charge in [-0.1, -0.05) is 6.07 Å². The molecule has 144 valence electrons. The zero-order chi connectivity index (χ0) is 19.3. The Hall–Kier alpha value is -2.68. The van der Waals surface area contributed by atoms with Crippen molar-refractivity contribution < 1.29 is 27.4 Å². The van der Waals surface area contributed by atoms with Crippen LogP contribution in [-0.2, 0) is 6.42 Å². The minimum Gasteiger partial charge on any atom is -0.486 e. The summed E-state index contributed by atoms with van der Waals surface area (Å²) in [5.74, 6) is 1.19. The quantitative estimate of drug-likeness (QED) is 0.746. The van der Waals surface area contributed by atoms with Crippen LogP contribution < -0.4 is 24.8 Å². The van der Waals surface area contributed by atoms with E-state index in [9.17, 15) is 13.2 Å². The van der Waals surface area contributed by atoms with Crippen LogP contribution in [-0.4, -0.2) is 31.2 Å². The fourth-order valence-electron chi connectivity index (χ4n) is 2.48. The normalized spacial score (nSPS) is 13.0. The summed E-state index contributed by atoms with van der Waals surface area (Å²) < 4.78 is 51.3. The van der Waals surface area contributed by atoms with Crippen LogP contribution in [0.5, 0.6) is 17.2 Å². The largest absolute Gasteiger partial charge is 0.573 e. The van der Waals surface area contributed by atoms with E-state index in [0.29, 0.717) is 30.6 Å². The molecule has 1 aliphatic rings. The fraction of sp³-hybridized carbons (Fsp3) is 0.278. The highest BCUT2D eigenvalue weighted by Gasteiger charge is 2.30. The minimum absolute atomic E-state index is 0.287. The molecule has 0 saturated carbocycles. The van der Waals surface area contributed by atoms with E-state index in [0.717, 1.165) is 23.5 Å². The molecule has 0 aromatic heterocycles. The molecule has 0 saturated heterocycles. The van der Waals surface area contributed by atoms with Crippen LogP contribution in [0.25, 0.3) is 0 Å². The zero-order valence-electron chi connectivity index (χ0n) is 14.1. The Morgan fingerprint density at radius 3 is 2.44 bits per heavy atom. The number of benzene rings is 2. The first kappa shape index (κ1) is 19.1. The highest BCUT2D eigenvalue weighted by atomic mass is 32.1. The second kappa shape index (κ2) is 8.34. The van der Waals surface area contributed by atoms with Crippen LogP contribution in [0.15, 0.2) is 42.5 Å². The van der Waals surface area contributed by atoms with Gasteiger partial charge < -0.3 is 24.8 Å². The predicted octanol–water partition coefficient (Wildman–Crippen LogP) is 3.89. The SMILES string of the molecule is FC(F)(F)Oc1ccc(NC(=S)NCCc2ccc3c(c2)OCCO3)cc1. The molecule has 0 bridgehead atoms. The summed E-state index contributed by atoms with van der Waals surface area (Å²) in [4.78, 5) is 0. The number of halogens is 3. The lowest BCUT2D eigenvalue weighted by molar-refractivity contribution is -0.274. The molecule has 2 aromatic carbocycles. The third kappa shape index (κ3) is 5.92. The first-order chi connectivity index (χ1) is 12.9. The van der Waals surface area contributed by atoms with Crippen LogP contribution in [0.1, 0.15) is 5.56 Å². The Balaban J connectivity index is 1.44. The van der Waals surface area contributed by atoms with E-state index in [2.05, 4.69) is 15.4 Å². The Morgan fingerprint density at radius 1 is 1.04 bits per heavy atom. The van der Waals surface area contributed by atoms with Gasteiger partial charge in [0.05, 0.1) is 0 Å². The Labute approximate surface area is 159 Å². The van der Waals surface area contributed by atoms with Gasteiger partial charge in [0.15, 0.2) is 16.6 Å². The fourth-order valence-corrected chi connectivity index (χ4v) is 2.70. The van der Waals surface area contributed by atoms with E-state index >= 15 is 0 Å². The van der Waals surface area contributed by atoms with Crippen molar-refractivity contribution in [2.24, 2.45) is 0 Å². The Bertz CT molecular complexity index is 797. The summed E-state index contributed by atoms with van der Waals surface area (Å²) in [6, 6.07) is 11.1. The molecule has 2 aromatic rings. The minimum atomic E-state index is -4.71. The second-order valence-electron chi connectivity index (χ2n) is 5.68. The number of hydrogen-bond donors (Lipinski definition) is 2. The number of rotatable bonds is 5. The topological polar surface area (TPSA) is 51.8 Å². The highest BCUT2D eigenvalue weighted by molar-refractivity contribution is 7.80. The van der Waals surface area contributed by atoms with Gasteiger partial charge in [-0.3, -0.25) is 0 Å². The third-order valence-corrected chi connectivity index (χ3v) is 3.90. The summed E-state index contributed by atoms with van der Waals surface area (Å²) in [7, 11) is 0. The van der Waals surface area contributed by atoms with Crippen molar-refractivity contribution in [3.8, 4) is 17.2 Å². The molecule has 0 unspecified atom stereocenters. The molecule has 1 aliphatic heterocycles. The van der Waals surface area contributed by atoms with Crippen LogP contribution in [0.4, 0.5) is 18.9 Å². The standard InChI is InChI=1S/C18H17F3N2O3S/c19-18(20,21)26-14-4-2-13(3-5-14)23-17(27)22-8-7-12-1-6-15-16(11-12)25-10-9-24-15/h1-6,11H,7-10H2,(H2,22,23,27). The molecule has 9 heteroatoms. The lowest BCUT2D eigenvalue weighted by atomic mass is 10.1. The van der Waals surface area contributed by atoms with E-state index in [1.54, 1.807) is 0 Å². The first-order valence-electron chi connectivity index (χ1n) is 8.18. The van der Waals surface area contributed by atoms with Crippen molar-refractivity contribution in [2.45, 2.75) is 12.8 Å². The predicted molar refractivity (Wildman–Crippen MR) is 98.5 cm³/mol. The number of anilines is 1. The number of hydrogen-bond acceptors (Lipinski definition) is 4. The van der Waals surface area contributed by atoms with Crippen LogP contribution in [0.3, 0.4) is 0 Å². The molecule has 0 radical (unpaired) electrons. The highest BCUT2D eigenvalue weighted by Crippen LogP contribution is 2.30. The molecule has 3 rings (SSSR count). The second-order valence-corrected chi connectivity index (χ2v) is 6.09. The zero-order valence-corrected chi connectivity index (χ0v) is 15.0. The third-order valence-electron chi connectivity index (χ3n) is 3.65. The van der Waals surface area contributed by atoms with Gasteiger partial charge in [0, 0.05) is 12.2 Å².